The van der Waals surface area contributed by atoms with Crippen molar-refractivity contribution in [2.45, 2.75) is 45.7 Å². The molecule has 1 aliphatic heterocycles. The fourth-order valence-electron chi connectivity index (χ4n) is 4.54. The molecule has 12 heteroatoms. The molecule has 0 spiro atoms. The zero-order chi connectivity index (χ0) is 42.7. The van der Waals surface area contributed by atoms with E-state index in [1.165, 1.54) is 52.4 Å². The molecule has 1 saturated heterocycles. The fraction of sp³-hybridized carbons (Fsp3) is 0.370. The molecular formula is C46H69BrCl2Li2N4OSi2. The molecule has 58 heavy (non-hydrogen) atoms. The Morgan fingerprint density at radius 2 is 1.07 bits per heavy atom. The minimum atomic E-state index is -1.92. The van der Waals surface area contributed by atoms with Crippen LogP contribution in [-0.4, -0.2) is 84.4 Å². The van der Waals surface area contributed by atoms with Crippen LogP contribution in [0.3, 0.4) is 0 Å². The van der Waals surface area contributed by atoms with Crippen LogP contribution in [0.4, 0.5) is 22.7 Å². The largest absolute Gasteiger partial charge is 1.00 e. The summed E-state index contributed by atoms with van der Waals surface area (Å²) in [6.07, 6.45) is 4.83. The Balaban J connectivity index is -0.000000702. The van der Waals surface area contributed by atoms with Crippen LogP contribution < -0.4 is 67.7 Å². The molecule has 0 saturated carbocycles. The van der Waals surface area contributed by atoms with E-state index in [-0.39, 0.29) is 37.7 Å². The summed E-state index contributed by atoms with van der Waals surface area (Å²) < 4.78 is 6.07. The molecule has 0 aliphatic carbocycles. The van der Waals surface area contributed by atoms with Crippen LogP contribution in [0.5, 0.6) is 0 Å². The van der Waals surface area contributed by atoms with Gasteiger partial charge in [0.2, 0.25) is 0 Å². The summed E-state index contributed by atoms with van der Waals surface area (Å²) in [6, 6.07) is 36.8. The van der Waals surface area contributed by atoms with Gasteiger partial charge in [-0.05, 0) is 86.3 Å². The number of halogens is 3. The summed E-state index contributed by atoms with van der Waals surface area (Å²) in [5.41, 5.74) is 8.67. The van der Waals surface area contributed by atoms with E-state index >= 15 is 0 Å². The predicted molar refractivity (Wildman–Crippen MR) is 265 cm³/mol. The van der Waals surface area contributed by atoms with Gasteiger partial charge in [-0.3, -0.25) is 0 Å². The smallest absolute Gasteiger partial charge is 0.429 e. The van der Waals surface area contributed by atoms with Gasteiger partial charge >= 0.3 is 37.7 Å². The molecule has 0 unspecified atom stereocenters. The third-order valence-corrected chi connectivity index (χ3v) is 14.4. The Kier molecular flexibility index (Phi) is 35.3. The molecule has 0 bridgehead atoms. The average molecular weight is 915 g/mol. The van der Waals surface area contributed by atoms with Crippen LogP contribution in [0.1, 0.15) is 32.6 Å². The minimum absolute atomic E-state index is 0. The van der Waals surface area contributed by atoms with Crippen molar-refractivity contribution in [3.8, 4) is 0 Å². The molecule has 310 valence electrons. The Morgan fingerprint density at radius 3 is 1.31 bits per heavy atom. The van der Waals surface area contributed by atoms with Gasteiger partial charge in [0.05, 0.1) is 0 Å². The van der Waals surface area contributed by atoms with Crippen molar-refractivity contribution in [1.29, 1.82) is 0 Å². The van der Waals surface area contributed by atoms with E-state index in [4.69, 9.17) is 26.9 Å². The van der Waals surface area contributed by atoms with Crippen molar-refractivity contribution in [2.75, 3.05) is 89.2 Å². The number of nitrogens with zero attached hydrogens (tertiary/aromatic N) is 4. The normalized spacial score (nSPS) is 11.0. The first-order valence-electron chi connectivity index (χ1n) is 19.0. The van der Waals surface area contributed by atoms with Crippen molar-refractivity contribution in [2.24, 2.45) is 0 Å². The maximum atomic E-state index is 5.50. The Hall–Kier alpha value is -1.79. The van der Waals surface area contributed by atoms with E-state index < -0.39 is 14.8 Å². The van der Waals surface area contributed by atoms with E-state index in [2.05, 4.69) is 176 Å². The summed E-state index contributed by atoms with van der Waals surface area (Å²) in [5, 5.41) is 2.79. The first kappa shape index (κ1) is 60.5. The Bertz CT molecular complexity index is 1580. The number of unbranched alkanes of at least 4 members (excludes halogenated alkanes) is 1. The number of ether oxygens (including phenoxy) is 1. The molecular weight excluding hydrogens is 845 g/mol. The van der Waals surface area contributed by atoms with E-state index in [0.29, 0.717) is 0 Å². The van der Waals surface area contributed by atoms with Crippen molar-refractivity contribution in [3.05, 3.63) is 139 Å². The molecule has 1 fully saturated rings. The van der Waals surface area contributed by atoms with E-state index in [0.717, 1.165) is 24.1 Å². The van der Waals surface area contributed by atoms with Crippen LogP contribution in [0, 0.1) is 13.0 Å². The van der Waals surface area contributed by atoms with Crippen LogP contribution >= 0.6 is 38.1 Å². The third kappa shape index (κ3) is 26.4. The van der Waals surface area contributed by atoms with E-state index in [1.54, 1.807) is 12.2 Å². The number of hydrogen-bond donors (Lipinski definition) is 0. The Morgan fingerprint density at radius 1 is 0.690 bits per heavy atom. The first-order chi connectivity index (χ1) is 26.4. The molecule has 4 aromatic rings. The van der Waals surface area contributed by atoms with Crippen LogP contribution in [0.25, 0.3) is 0 Å². The summed E-state index contributed by atoms with van der Waals surface area (Å²) in [6.45, 7) is 17.6. The van der Waals surface area contributed by atoms with Crippen LogP contribution in [-0.2, 0) is 4.74 Å². The van der Waals surface area contributed by atoms with Gasteiger partial charge in [-0.1, -0.05) is 83.2 Å². The summed E-state index contributed by atoms with van der Waals surface area (Å²) in [5.74, 6) is 0. The van der Waals surface area contributed by atoms with Gasteiger partial charge in [0.25, 0.3) is 6.69 Å². The molecule has 1 heterocycles. The fourth-order valence-corrected chi connectivity index (χ4v) is 7.52. The SMILES string of the molecule is C1CCOC1.C=C[Si](C)(Cl)Cl.C=C[Si](C)(c1cccc(N(C)C)c1)c1cccc(N(C)C)c1.CN(C)c1c[c-]ccc1.CN(C)c1cccc(Br)c1.[CH2-]CCC.[Li+].[Li+]. The second-order valence-electron chi connectivity index (χ2n) is 14.2. The minimum Gasteiger partial charge on any atom is -0.429 e. The van der Waals surface area contributed by atoms with Gasteiger partial charge in [0.1, 0.15) is 8.07 Å². The number of rotatable bonds is 9. The maximum absolute atomic E-state index is 5.50. The van der Waals surface area contributed by atoms with Gasteiger partial charge < -0.3 is 31.3 Å². The van der Waals surface area contributed by atoms with Gasteiger partial charge in [0.15, 0.2) is 0 Å². The number of hydrogen-bond acceptors (Lipinski definition) is 5. The number of benzene rings is 4. The molecule has 5 rings (SSSR count). The molecule has 0 N–H and O–H groups in total. The number of anilines is 4. The predicted octanol–water partition coefficient (Wildman–Crippen LogP) is 5.49. The standard InChI is InChI=1S/C19H26N2Si.C8H10BrN.C8H10N.C4H8O.C4H9.C3H6Cl2Si.2Li/c1-7-22(6,18-12-8-10-16(14-18)20(2)3)19-13-9-11-17(15-19)21(4)5;1-10(2)8-5-3-4-7(9)6-8;1-9(2)8-6-4-3-5-7-8;1-2-4-5-3-1;1-3-4-2;1-3-6(2,4)5;;/h7-15H,1H2,2-6H3;3-6H,1-2H3;3-4,6-7H,1-2H3;1-4H2;1,3-4H2,2H3;3H,1H2,2H3;;/q;;-1;;-1;;2*+1. The topological polar surface area (TPSA) is 22.2 Å². The molecule has 0 atom stereocenters. The molecule has 0 amide bonds. The van der Waals surface area contributed by atoms with Gasteiger partial charge in [0, 0.05) is 77.0 Å². The van der Waals surface area contributed by atoms with Crippen LogP contribution in [0.2, 0.25) is 13.1 Å². The first-order valence-corrected chi connectivity index (χ1v) is 27.0. The van der Waals surface area contributed by atoms with Crippen LogP contribution in [0.15, 0.2) is 126 Å². The molecule has 4 aromatic carbocycles. The van der Waals surface area contributed by atoms with Crippen molar-refractivity contribution >= 4 is 86.0 Å². The molecule has 1 aliphatic rings. The third-order valence-electron chi connectivity index (χ3n) is 8.40. The summed E-state index contributed by atoms with van der Waals surface area (Å²) in [7, 11) is 14.5. The van der Waals surface area contributed by atoms with Crippen molar-refractivity contribution < 1.29 is 42.5 Å². The molecule has 0 aromatic heterocycles. The summed E-state index contributed by atoms with van der Waals surface area (Å²) in [4.78, 5) is 8.43. The average Bonchev–Trinajstić information content (AvgIpc) is 3.79. The Labute approximate surface area is 399 Å². The van der Waals surface area contributed by atoms with Gasteiger partial charge in [-0.15, -0.1) is 41.4 Å². The zero-order valence-electron chi connectivity index (χ0n) is 38.1. The molecule has 5 nitrogen and oxygen atoms in total. The maximum Gasteiger partial charge on any atom is 1.00 e. The quantitative estimate of drug-likeness (QED) is 0.126. The molecule has 0 radical (unpaired) electrons. The van der Waals surface area contributed by atoms with Crippen molar-refractivity contribution in [3.63, 3.8) is 0 Å². The second-order valence-corrected chi connectivity index (χ2v) is 26.7. The van der Waals surface area contributed by atoms with E-state index in [9.17, 15) is 0 Å². The monoisotopic (exact) mass is 912 g/mol. The van der Waals surface area contributed by atoms with Gasteiger partial charge in [-0.2, -0.15) is 30.7 Å². The van der Waals surface area contributed by atoms with Gasteiger partial charge in [-0.25, -0.2) is 0 Å². The van der Waals surface area contributed by atoms with Crippen molar-refractivity contribution in [1.82, 2.24) is 0 Å². The zero-order valence-corrected chi connectivity index (χ0v) is 43.2. The van der Waals surface area contributed by atoms with E-state index in [1.807, 2.05) is 58.5 Å². The second kappa shape index (κ2) is 33.9. The summed E-state index contributed by atoms with van der Waals surface area (Å²) >= 11 is 14.4.